The van der Waals surface area contributed by atoms with Crippen LogP contribution < -0.4 is 5.32 Å². The van der Waals surface area contributed by atoms with Gasteiger partial charge in [0.15, 0.2) is 0 Å². The fraction of sp³-hybridized carbons (Fsp3) is 0.545. The predicted molar refractivity (Wildman–Crippen MR) is 73.2 cm³/mol. The third-order valence-electron chi connectivity index (χ3n) is 2.14. The van der Waals surface area contributed by atoms with Gasteiger partial charge in [0.25, 0.3) is 5.91 Å². The molecule has 0 aliphatic rings. The normalized spacial score (nSPS) is 12.1. The predicted octanol–water partition coefficient (Wildman–Crippen LogP) is 1.75. The molecule has 0 saturated carbocycles. The van der Waals surface area contributed by atoms with Gasteiger partial charge in [0.1, 0.15) is 5.75 Å². The first-order valence-corrected chi connectivity index (χ1v) is 7.93. The average molecular weight is 287 g/mol. The van der Waals surface area contributed by atoms with E-state index in [0.29, 0.717) is 16.6 Å². The Bertz CT molecular complexity index is 395. The van der Waals surface area contributed by atoms with Gasteiger partial charge in [0, 0.05) is 17.7 Å². The first kappa shape index (κ1) is 15.1. The quantitative estimate of drug-likeness (QED) is 0.449. The molecule has 1 unspecified atom stereocenters. The maximum Gasteiger partial charge on any atom is 0.322 e. The van der Waals surface area contributed by atoms with E-state index in [2.05, 4.69) is 29.0 Å². The number of hydrogen-bond acceptors (Lipinski definition) is 5. The van der Waals surface area contributed by atoms with Crippen molar-refractivity contribution in [1.82, 2.24) is 15.5 Å². The molecule has 1 N–H and O–H groups in total. The Morgan fingerprint density at radius 3 is 3.00 bits per heavy atom. The SMILES string of the molecule is C=CCNC(=O)c1nnc([S+]([O-])CCCCC)s1. The molecule has 1 aromatic heterocycles. The third kappa shape index (κ3) is 4.75. The topological polar surface area (TPSA) is 77.9 Å². The second-order valence-corrected chi connectivity index (χ2v) is 6.35. The molecule has 7 heteroatoms. The molecule has 0 bridgehead atoms. The highest BCUT2D eigenvalue weighted by atomic mass is 32.2. The zero-order valence-electron chi connectivity index (χ0n) is 10.3. The second-order valence-electron chi connectivity index (χ2n) is 3.63. The molecule has 0 aromatic carbocycles. The van der Waals surface area contributed by atoms with Crippen LogP contribution in [0, 0.1) is 0 Å². The molecule has 1 aromatic rings. The number of aromatic nitrogens is 2. The summed E-state index contributed by atoms with van der Waals surface area (Å²) in [6, 6.07) is 0. The number of unbranched alkanes of at least 4 members (excludes halogenated alkanes) is 2. The molecule has 0 spiro atoms. The summed E-state index contributed by atoms with van der Waals surface area (Å²) in [5.41, 5.74) is 0. The van der Waals surface area contributed by atoms with Crippen molar-refractivity contribution in [2.24, 2.45) is 0 Å². The van der Waals surface area contributed by atoms with E-state index in [1.807, 2.05) is 0 Å². The highest BCUT2D eigenvalue weighted by Crippen LogP contribution is 2.18. The average Bonchev–Trinajstić information content (AvgIpc) is 2.85. The Hall–Kier alpha value is -0.920. The van der Waals surface area contributed by atoms with Crippen molar-refractivity contribution >= 4 is 28.4 Å². The van der Waals surface area contributed by atoms with Gasteiger partial charge in [0.2, 0.25) is 5.01 Å². The summed E-state index contributed by atoms with van der Waals surface area (Å²) in [6.07, 6.45) is 4.63. The Morgan fingerprint density at radius 1 is 1.56 bits per heavy atom. The summed E-state index contributed by atoms with van der Waals surface area (Å²) in [5, 5.41) is 10.4. The lowest BCUT2D eigenvalue weighted by Gasteiger charge is -2.04. The molecule has 100 valence electrons. The lowest BCUT2D eigenvalue weighted by molar-refractivity contribution is 0.0957. The van der Waals surface area contributed by atoms with Crippen LogP contribution in [0.1, 0.15) is 36.0 Å². The minimum Gasteiger partial charge on any atom is -0.610 e. The fourth-order valence-electron chi connectivity index (χ4n) is 1.20. The molecule has 1 rings (SSSR count). The van der Waals surface area contributed by atoms with Crippen LogP contribution in [-0.4, -0.2) is 33.0 Å². The van der Waals surface area contributed by atoms with Crippen LogP contribution in [0.3, 0.4) is 0 Å². The van der Waals surface area contributed by atoms with Crippen LogP contribution in [-0.2, 0) is 11.2 Å². The van der Waals surface area contributed by atoms with E-state index in [0.717, 1.165) is 30.6 Å². The molecular formula is C11H17N3O2S2. The highest BCUT2D eigenvalue weighted by molar-refractivity contribution is 7.93. The Morgan fingerprint density at radius 2 is 2.33 bits per heavy atom. The summed E-state index contributed by atoms with van der Waals surface area (Å²) in [4.78, 5) is 11.5. The van der Waals surface area contributed by atoms with Crippen molar-refractivity contribution in [2.75, 3.05) is 12.3 Å². The van der Waals surface area contributed by atoms with E-state index in [4.69, 9.17) is 0 Å². The van der Waals surface area contributed by atoms with Crippen molar-refractivity contribution in [2.45, 2.75) is 30.5 Å². The minimum absolute atomic E-state index is 0.246. The highest BCUT2D eigenvalue weighted by Gasteiger charge is 2.20. The van der Waals surface area contributed by atoms with Gasteiger partial charge in [-0.2, -0.15) is 0 Å². The van der Waals surface area contributed by atoms with Crippen LogP contribution in [0.25, 0.3) is 0 Å². The summed E-state index contributed by atoms with van der Waals surface area (Å²) in [5.74, 6) is 0.278. The first-order chi connectivity index (χ1) is 8.69. The number of amides is 1. The fourth-order valence-corrected chi connectivity index (χ4v) is 3.33. The molecule has 0 aliphatic carbocycles. The van der Waals surface area contributed by atoms with Gasteiger partial charge in [-0.05, 0) is 24.2 Å². The number of carbonyl (C=O) groups excluding carboxylic acids is 1. The molecule has 0 aliphatic heterocycles. The second kappa shape index (κ2) is 8.23. The van der Waals surface area contributed by atoms with E-state index < -0.39 is 11.2 Å². The van der Waals surface area contributed by atoms with Gasteiger partial charge in [0.05, 0.1) is 0 Å². The molecule has 1 heterocycles. The third-order valence-corrected chi connectivity index (χ3v) is 4.79. The van der Waals surface area contributed by atoms with Crippen molar-refractivity contribution < 1.29 is 9.35 Å². The van der Waals surface area contributed by atoms with Gasteiger partial charge in [-0.1, -0.05) is 24.5 Å². The summed E-state index contributed by atoms with van der Waals surface area (Å²) < 4.78 is 12.3. The van der Waals surface area contributed by atoms with Gasteiger partial charge in [-0.15, -0.1) is 11.7 Å². The number of carbonyl (C=O) groups is 1. The van der Waals surface area contributed by atoms with Crippen molar-refractivity contribution in [3.63, 3.8) is 0 Å². The van der Waals surface area contributed by atoms with Gasteiger partial charge < -0.3 is 9.87 Å². The number of rotatable bonds is 8. The maximum atomic E-state index is 11.8. The smallest absolute Gasteiger partial charge is 0.322 e. The van der Waals surface area contributed by atoms with Gasteiger partial charge >= 0.3 is 4.34 Å². The molecule has 0 saturated heterocycles. The molecule has 1 amide bonds. The van der Waals surface area contributed by atoms with E-state index in [1.165, 1.54) is 0 Å². The molecule has 18 heavy (non-hydrogen) atoms. The van der Waals surface area contributed by atoms with Crippen molar-refractivity contribution in [1.29, 1.82) is 0 Å². The van der Waals surface area contributed by atoms with Gasteiger partial charge in [-0.25, -0.2) is 0 Å². The van der Waals surface area contributed by atoms with E-state index in [-0.39, 0.29) is 10.9 Å². The lowest BCUT2D eigenvalue weighted by Crippen LogP contribution is -2.22. The van der Waals surface area contributed by atoms with E-state index >= 15 is 0 Å². The van der Waals surface area contributed by atoms with E-state index in [9.17, 15) is 9.35 Å². The lowest BCUT2D eigenvalue weighted by atomic mass is 10.3. The summed E-state index contributed by atoms with van der Waals surface area (Å²) in [6.45, 7) is 5.98. The van der Waals surface area contributed by atoms with Gasteiger partial charge in [-0.3, -0.25) is 4.79 Å². The molecule has 5 nitrogen and oxygen atoms in total. The Kier molecular flexibility index (Phi) is 6.92. The monoisotopic (exact) mass is 287 g/mol. The first-order valence-electron chi connectivity index (χ1n) is 5.80. The van der Waals surface area contributed by atoms with Crippen LogP contribution in [0.2, 0.25) is 0 Å². The standard InChI is InChI=1S/C11H17N3O2S2/c1-3-5-6-8-18(16)11-14-13-10(17-11)9(15)12-7-4-2/h4H,2-3,5-8H2,1H3,(H,12,15). The van der Waals surface area contributed by atoms with Crippen LogP contribution in [0.4, 0.5) is 0 Å². The zero-order valence-corrected chi connectivity index (χ0v) is 12.0. The molecule has 1 atom stereocenters. The summed E-state index contributed by atoms with van der Waals surface area (Å²) >= 11 is -0.0527. The van der Waals surface area contributed by atoms with Crippen LogP contribution >= 0.6 is 11.3 Å². The van der Waals surface area contributed by atoms with Crippen LogP contribution in [0.15, 0.2) is 17.0 Å². The minimum atomic E-state index is -1.14. The number of nitrogens with zero attached hydrogens (tertiary/aromatic N) is 2. The maximum absolute atomic E-state index is 11.8. The number of nitrogens with one attached hydrogen (secondary N) is 1. The van der Waals surface area contributed by atoms with Crippen LogP contribution in [0.5, 0.6) is 0 Å². The summed E-state index contributed by atoms with van der Waals surface area (Å²) in [7, 11) is 0. The van der Waals surface area contributed by atoms with Crippen molar-refractivity contribution in [3.05, 3.63) is 17.7 Å². The largest absolute Gasteiger partial charge is 0.610 e. The van der Waals surface area contributed by atoms with Crippen molar-refractivity contribution in [3.8, 4) is 0 Å². The Balaban J connectivity index is 2.51. The zero-order chi connectivity index (χ0) is 13.4. The number of hydrogen-bond donors (Lipinski definition) is 1. The molecule has 0 radical (unpaired) electrons. The molecule has 0 fully saturated rings. The molecular weight excluding hydrogens is 270 g/mol. The van der Waals surface area contributed by atoms with E-state index in [1.54, 1.807) is 6.08 Å². The Labute approximate surface area is 114 Å².